The fourth-order valence-electron chi connectivity index (χ4n) is 5.31. The highest BCUT2D eigenvalue weighted by molar-refractivity contribution is 7.91. The third-order valence-corrected chi connectivity index (χ3v) is 9.24. The Morgan fingerprint density at radius 3 is 2.66 bits per heavy atom. The zero-order valence-corrected chi connectivity index (χ0v) is 22.2. The Morgan fingerprint density at radius 2 is 1.87 bits per heavy atom. The molecule has 3 aliphatic rings. The number of benzene rings is 1. The molecule has 0 unspecified atom stereocenters. The summed E-state index contributed by atoms with van der Waals surface area (Å²) in [5.41, 5.74) is 1.44. The van der Waals surface area contributed by atoms with Gasteiger partial charge >= 0.3 is 0 Å². The lowest BCUT2D eigenvalue weighted by Crippen LogP contribution is -2.39. The highest BCUT2D eigenvalue weighted by atomic mass is 32.2. The zero-order chi connectivity index (χ0) is 26.4. The minimum Gasteiger partial charge on any atom is -0.492 e. The summed E-state index contributed by atoms with van der Waals surface area (Å²) < 4.78 is 47.4. The topological polar surface area (TPSA) is 100 Å². The molecule has 2 fully saturated rings. The molecule has 2 bridgehead atoms. The van der Waals surface area contributed by atoms with Gasteiger partial charge in [0.15, 0.2) is 15.5 Å². The summed E-state index contributed by atoms with van der Waals surface area (Å²) in [4.78, 5) is 24.5. The first-order chi connectivity index (χ1) is 18.3. The summed E-state index contributed by atoms with van der Waals surface area (Å²) in [7, 11) is -1.61. The second-order valence-corrected chi connectivity index (χ2v) is 12.5. The number of hydrogen-bond acceptors (Lipinski definition) is 8. The van der Waals surface area contributed by atoms with Crippen LogP contribution in [0.25, 0.3) is 5.65 Å². The van der Waals surface area contributed by atoms with Crippen LogP contribution in [0.15, 0.2) is 30.3 Å². The van der Waals surface area contributed by atoms with Crippen molar-refractivity contribution < 1.29 is 22.3 Å². The third-order valence-electron chi connectivity index (χ3n) is 7.65. The molecule has 2 aromatic heterocycles. The van der Waals surface area contributed by atoms with E-state index in [0.29, 0.717) is 17.9 Å². The smallest absolute Gasteiger partial charge is 0.258 e. The van der Waals surface area contributed by atoms with E-state index in [1.54, 1.807) is 9.42 Å². The first-order valence-electron chi connectivity index (χ1n) is 13.1. The van der Waals surface area contributed by atoms with Gasteiger partial charge in [-0.3, -0.25) is 4.79 Å². The zero-order valence-electron chi connectivity index (χ0n) is 21.3. The van der Waals surface area contributed by atoms with E-state index < -0.39 is 15.7 Å². The van der Waals surface area contributed by atoms with E-state index in [9.17, 15) is 17.6 Å². The van der Waals surface area contributed by atoms with Crippen LogP contribution in [0.1, 0.15) is 47.8 Å². The van der Waals surface area contributed by atoms with E-state index in [-0.39, 0.29) is 47.9 Å². The standard InChI is InChI=1S/C26H31FN6O4S/c1-30-11-13-38(35,36)14-12-37-22-7-6-18(27)15-19(22)26(34)32-10-3-2-5-21(32)20-16-24-28-23(31-8-4-9-31)17-25(30)33(24)29-20/h6-7,15-17,21H,2-5,8-14H2,1H3/t21-/m0/s1. The van der Waals surface area contributed by atoms with Crippen molar-refractivity contribution in [2.24, 2.45) is 0 Å². The molecule has 1 aromatic carbocycles. The van der Waals surface area contributed by atoms with Crippen LogP contribution in [0.3, 0.4) is 0 Å². The summed E-state index contributed by atoms with van der Waals surface area (Å²) >= 11 is 0. The van der Waals surface area contributed by atoms with Gasteiger partial charge in [-0.1, -0.05) is 0 Å². The first-order valence-corrected chi connectivity index (χ1v) is 14.9. The highest BCUT2D eigenvalue weighted by Crippen LogP contribution is 2.35. The van der Waals surface area contributed by atoms with Crippen LogP contribution in [0.4, 0.5) is 16.0 Å². The van der Waals surface area contributed by atoms with Crippen LogP contribution < -0.4 is 14.5 Å². The maximum atomic E-state index is 14.3. The molecule has 12 heteroatoms. The Bertz CT molecular complexity index is 1490. The van der Waals surface area contributed by atoms with E-state index in [1.165, 1.54) is 18.2 Å². The molecule has 0 saturated carbocycles. The molecule has 1 amide bonds. The van der Waals surface area contributed by atoms with Crippen molar-refractivity contribution in [2.75, 3.05) is 61.1 Å². The number of ether oxygens (including phenoxy) is 1. The Morgan fingerprint density at radius 1 is 1.03 bits per heavy atom. The summed E-state index contributed by atoms with van der Waals surface area (Å²) in [6.45, 7) is 2.48. The largest absolute Gasteiger partial charge is 0.492 e. The lowest BCUT2D eigenvalue weighted by molar-refractivity contribution is 0.0601. The van der Waals surface area contributed by atoms with Crippen molar-refractivity contribution in [2.45, 2.75) is 31.7 Å². The number of piperidine rings is 1. The molecule has 0 N–H and O–H groups in total. The molecule has 0 spiro atoms. The normalized spacial score (nSPS) is 22.1. The summed E-state index contributed by atoms with van der Waals surface area (Å²) in [5, 5.41) is 4.89. The van der Waals surface area contributed by atoms with Crippen LogP contribution in [-0.2, 0) is 9.84 Å². The Kier molecular flexibility index (Phi) is 6.37. The lowest BCUT2D eigenvalue weighted by atomic mass is 9.98. The number of carbonyl (C=O) groups is 1. The molecule has 10 nitrogen and oxygen atoms in total. The minimum atomic E-state index is -3.46. The van der Waals surface area contributed by atoms with Crippen LogP contribution in [0, 0.1) is 5.82 Å². The number of fused-ring (bicyclic) bond motifs is 4. The number of nitrogens with zero attached hydrogens (tertiary/aromatic N) is 6. The van der Waals surface area contributed by atoms with Crippen molar-refractivity contribution in [3.63, 3.8) is 0 Å². The van der Waals surface area contributed by atoms with Crippen molar-refractivity contribution in [1.29, 1.82) is 0 Å². The van der Waals surface area contributed by atoms with Gasteiger partial charge in [-0.15, -0.1) is 0 Å². The molecule has 2 saturated heterocycles. The number of amides is 1. The summed E-state index contributed by atoms with van der Waals surface area (Å²) in [6, 6.07) is 7.33. The average molecular weight is 543 g/mol. The summed E-state index contributed by atoms with van der Waals surface area (Å²) in [5.74, 6) is 0.542. The molecule has 38 heavy (non-hydrogen) atoms. The van der Waals surface area contributed by atoms with Gasteiger partial charge in [0.25, 0.3) is 5.91 Å². The average Bonchev–Trinajstić information content (AvgIpc) is 3.30. The third kappa shape index (κ3) is 4.65. The highest BCUT2D eigenvalue weighted by Gasteiger charge is 2.33. The van der Waals surface area contributed by atoms with Gasteiger partial charge in [-0.25, -0.2) is 17.8 Å². The number of halogens is 1. The van der Waals surface area contributed by atoms with E-state index >= 15 is 0 Å². The fraction of sp³-hybridized carbons (Fsp3) is 0.500. The second kappa shape index (κ2) is 9.72. The predicted octanol–water partition coefficient (Wildman–Crippen LogP) is 2.69. The Labute approximate surface area is 220 Å². The molecule has 1 atom stereocenters. The van der Waals surface area contributed by atoms with E-state index in [0.717, 1.165) is 50.4 Å². The number of sulfone groups is 1. The van der Waals surface area contributed by atoms with Crippen LogP contribution >= 0.6 is 0 Å². The number of hydrogen-bond donors (Lipinski definition) is 0. The minimum absolute atomic E-state index is 0.0740. The van der Waals surface area contributed by atoms with Crippen LogP contribution in [0.5, 0.6) is 5.75 Å². The lowest BCUT2D eigenvalue weighted by Gasteiger charge is -2.35. The number of aromatic nitrogens is 3. The van der Waals surface area contributed by atoms with Crippen LogP contribution in [-0.4, -0.2) is 85.2 Å². The molecule has 0 radical (unpaired) electrons. The predicted molar refractivity (Wildman–Crippen MR) is 141 cm³/mol. The number of carbonyl (C=O) groups excluding carboxylic acids is 1. The molecule has 202 valence electrons. The molecule has 0 aliphatic carbocycles. The maximum Gasteiger partial charge on any atom is 0.258 e. The van der Waals surface area contributed by atoms with E-state index in [2.05, 4.69) is 4.90 Å². The maximum absolute atomic E-state index is 14.3. The van der Waals surface area contributed by atoms with Gasteiger partial charge < -0.3 is 19.4 Å². The molecular weight excluding hydrogens is 511 g/mol. The molecule has 3 aliphatic heterocycles. The van der Waals surface area contributed by atoms with E-state index in [4.69, 9.17) is 14.8 Å². The first kappa shape index (κ1) is 24.9. The molecule has 3 aromatic rings. The van der Waals surface area contributed by atoms with Crippen molar-refractivity contribution >= 4 is 33.0 Å². The molecular formula is C26H31FN6O4S. The van der Waals surface area contributed by atoms with Crippen molar-refractivity contribution in [3.8, 4) is 5.75 Å². The fourth-order valence-corrected chi connectivity index (χ4v) is 6.40. The van der Waals surface area contributed by atoms with Gasteiger partial charge in [-0.2, -0.15) is 9.61 Å². The quantitative estimate of drug-likeness (QED) is 0.463. The summed E-state index contributed by atoms with van der Waals surface area (Å²) in [6.07, 6.45) is 3.59. The SMILES string of the molecule is CN1CCS(=O)(=O)CCOc2ccc(F)cc2C(=O)N2CCCC[C@H]2c2cc3nc(N4CCC4)cc1n3n2. The Hall–Kier alpha value is -3.41. The van der Waals surface area contributed by atoms with Gasteiger partial charge in [-0.05, 0) is 43.9 Å². The second-order valence-electron chi connectivity index (χ2n) is 10.2. The van der Waals surface area contributed by atoms with Crippen LogP contribution in [0.2, 0.25) is 0 Å². The van der Waals surface area contributed by atoms with Gasteiger partial charge in [0, 0.05) is 45.4 Å². The number of rotatable bonds is 1. The monoisotopic (exact) mass is 542 g/mol. The number of anilines is 2. The Balaban J connectivity index is 1.49. The van der Waals surface area contributed by atoms with Crippen molar-refractivity contribution in [1.82, 2.24) is 19.5 Å². The van der Waals surface area contributed by atoms with Gasteiger partial charge in [0.05, 0.1) is 28.8 Å². The van der Waals surface area contributed by atoms with Gasteiger partial charge in [0.1, 0.15) is 29.8 Å². The van der Waals surface area contributed by atoms with Gasteiger partial charge in [0.2, 0.25) is 0 Å². The molecule has 6 rings (SSSR count). The van der Waals surface area contributed by atoms with E-state index in [1.807, 2.05) is 24.1 Å². The molecule has 5 heterocycles. The van der Waals surface area contributed by atoms with Crippen molar-refractivity contribution in [3.05, 3.63) is 47.4 Å².